The molecule has 0 radical (unpaired) electrons. The summed E-state index contributed by atoms with van der Waals surface area (Å²) in [5, 5.41) is 0. The normalized spacial score (nSPS) is 10.2. The van der Waals surface area contributed by atoms with Crippen molar-refractivity contribution in [2.45, 2.75) is 33.0 Å². The van der Waals surface area contributed by atoms with Crippen molar-refractivity contribution in [2.24, 2.45) is 0 Å². The quantitative estimate of drug-likeness (QED) is 0.625. The van der Waals surface area contributed by atoms with Crippen LogP contribution in [-0.2, 0) is 22.7 Å². The number of carbonyl (C=O) groups excluding carboxylic acids is 1. The Morgan fingerprint density at radius 3 is 2.55 bits per heavy atom. The third kappa shape index (κ3) is 4.52. The number of nitrogen functional groups attached to an aromatic ring is 1. The lowest BCUT2D eigenvalue weighted by Gasteiger charge is -2.13. The van der Waals surface area contributed by atoms with Gasteiger partial charge in [-0.15, -0.1) is 0 Å². The Bertz CT molecular complexity index is 611. The predicted octanol–water partition coefficient (Wildman–Crippen LogP) is 3.69. The van der Waals surface area contributed by atoms with E-state index in [-0.39, 0.29) is 12.6 Å². The van der Waals surface area contributed by atoms with Gasteiger partial charge in [0.25, 0.3) is 0 Å². The first kappa shape index (κ1) is 15.9. The van der Waals surface area contributed by atoms with Crippen molar-refractivity contribution >= 4 is 11.7 Å². The maximum Gasteiger partial charge on any atom is 0.306 e. The summed E-state index contributed by atoms with van der Waals surface area (Å²) >= 11 is 0. The van der Waals surface area contributed by atoms with Gasteiger partial charge in [0.2, 0.25) is 0 Å². The minimum Gasteiger partial charge on any atom is -0.487 e. The van der Waals surface area contributed by atoms with E-state index < -0.39 is 0 Å². The molecule has 0 bridgehead atoms. The molecule has 2 N–H and O–H groups in total. The Kier molecular flexibility index (Phi) is 5.83. The first-order chi connectivity index (χ1) is 10.7. The number of benzene rings is 2. The highest BCUT2D eigenvalue weighted by molar-refractivity contribution is 5.69. The van der Waals surface area contributed by atoms with E-state index in [1.165, 1.54) is 0 Å². The molecule has 2 aromatic carbocycles. The van der Waals surface area contributed by atoms with Crippen LogP contribution < -0.4 is 10.5 Å². The smallest absolute Gasteiger partial charge is 0.306 e. The minimum absolute atomic E-state index is 0.174. The lowest BCUT2D eigenvalue weighted by Crippen LogP contribution is -2.06. The van der Waals surface area contributed by atoms with Crippen LogP contribution >= 0.6 is 0 Å². The van der Waals surface area contributed by atoms with Crippen molar-refractivity contribution < 1.29 is 14.3 Å². The van der Waals surface area contributed by atoms with Crippen LogP contribution in [0.3, 0.4) is 0 Å². The summed E-state index contributed by atoms with van der Waals surface area (Å²) < 4.78 is 10.9. The molecule has 116 valence electrons. The zero-order chi connectivity index (χ0) is 15.8. The highest BCUT2D eigenvalue weighted by atomic mass is 16.5. The molecule has 0 spiro atoms. The van der Waals surface area contributed by atoms with Gasteiger partial charge in [0, 0.05) is 12.0 Å². The van der Waals surface area contributed by atoms with Gasteiger partial charge in [-0.1, -0.05) is 49.4 Å². The Morgan fingerprint density at radius 2 is 1.82 bits per heavy atom. The molecule has 0 atom stereocenters. The monoisotopic (exact) mass is 299 g/mol. The lowest BCUT2D eigenvalue weighted by atomic mass is 10.1. The largest absolute Gasteiger partial charge is 0.487 e. The molecule has 0 saturated heterocycles. The van der Waals surface area contributed by atoms with E-state index in [1.54, 1.807) is 0 Å². The van der Waals surface area contributed by atoms with Crippen molar-refractivity contribution in [3.8, 4) is 5.75 Å². The number of hydrogen-bond acceptors (Lipinski definition) is 4. The SMILES string of the molecule is CCCC(=O)OCc1cccc(OCc2ccccc2)c1N. The molecule has 4 heteroatoms. The Hall–Kier alpha value is -2.49. The zero-order valence-electron chi connectivity index (χ0n) is 12.7. The summed E-state index contributed by atoms with van der Waals surface area (Å²) in [7, 11) is 0. The molecule has 0 saturated carbocycles. The number of carbonyl (C=O) groups is 1. The maximum atomic E-state index is 11.4. The van der Waals surface area contributed by atoms with Gasteiger partial charge < -0.3 is 15.2 Å². The van der Waals surface area contributed by atoms with Crippen molar-refractivity contribution in [2.75, 3.05) is 5.73 Å². The van der Waals surface area contributed by atoms with Gasteiger partial charge in [0.05, 0.1) is 5.69 Å². The average molecular weight is 299 g/mol. The summed E-state index contributed by atoms with van der Waals surface area (Å²) in [6, 6.07) is 15.4. The van der Waals surface area contributed by atoms with Crippen molar-refractivity contribution in [1.29, 1.82) is 0 Å². The molecule has 0 heterocycles. The fraction of sp³-hybridized carbons (Fsp3) is 0.278. The molecule has 0 amide bonds. The molecular formula is C18H21NO3. The fourth-order valence-electron chi connectivity index (χ4n) is 2.01. The molecule has 0 unspecified atom stereocenters. The summed E-state index contributed by atoms with van der Waals surface area (Å²) in [5.41, 5.74) is 8.44. The van der Waals surface area contributed by atoms with E-state index in [4.69, 9.17) is 15.2 Å². The average Bonchev–Trinajstić information content (AvgIpc) is 2.54. The highest BCUT2D eigenvalue weighted by Crippen LogP contribution is 2.26. The topological polar surface area (TPSA) is 61.5 Å². The Morgan fingerprint density at radius 1 is 1.05 bits per heavy atom. The van der Waals surface area contributed by atoms with E-state index in [0.29, 0.717) is 24.5 Å². The van der Waals surface area contributed by atoms with Crippen molar-refractivity contribution in [3.63, 3.8) is 0 Å². The highest BCUT2D eigenvalue weighted by Gasteiger charge is 2.09. The third-order valence-corrected chi connectivity index (χ3v) is 3.24. The summed E-state index contributed by atoms with van der Waals surface area (Å²) in [4.78, 5) is 11.4. The van der Waals surface area contributed by atoms with Crippen LogP contribution in [-0.4, -0.2) is 5.97 Å². The number of esters is 1. The Labute approximate surface area is 130 Å². The van der Waals surface area contributed by atoms with Crippen LogP contribution in [0.25, 0.3) is 0 Å². The number of ether oxygens (including phenoxy) is 2. The van der Waals surface area contributed by atoms with E-state index in [1.807, 2.05) is 55.5 Å². The molecule has 2 aromatic rings. The summed E-state index contributed by atoms with van der Waals surface area (Å²) in [6.07, 6.45) is 1.19. The molecule has 0 fully saturated rings. The second-order valence-corrected chi connectivity index (χ2v) is 5.01. The van der Waals surface area contributed by atoms with Crippen LogP contribution in [0.1, 0.15) is 30.9 Å². The van der Waals surface area contributed by atoms with Gasteiger partial charge >= 0.3 is 5.97 Å². The number of nitrogens with two attached hydrogens (primary N) is 1. The molecule has 0 aromatic heterocycles. The molecule has 2 rings (SSSR count). The van der Waals surface area contributed by atoms with Gasteiger partial charge in [-0.05, 0) is 18.1 Å². The first-order valence-corrected chi connectivity index (χ1v) is 7.40. The van der Waals surface area contributed by atoms with Gasteiger partial charge in [0.1, 0.15) is 19.0 Å². The standard InChI is InChI=1S/C18H21NO3/c1-2-7-17(20)22-13-15-10-6-11-16(18(15)19)21-12-14-8-4-3-5-9-14/h3-6,8-11H,2,7,12-13,19H2,1H3. The van der Waals surface area contributed by atoms with Gasteiger partial charge in [-0.3, -0.25) is 4.79 Å². The minimum atomic E-state index is -0.211. The molecule has 4 nitrogen and oxygen atoms in total. The van der Waals surface area contributed by atoms with Crippen LogP contribution in [0.5, 0.6) is 5.75 Å². The number of para-hydroxylation sites is 1. The third-order valence-electron chi connectivity index (χ3n) is 3.24. The number of rotatable bonds is 7. The van der Waals surface area contributed by atoms with Gasteiger partial charge in [-0.2, -0.15) is 0 Å². The van der Waals surface area contributed by atoms with Crippen molar-refractivity contribution in [1.82, 2.24) is 0 Å². The molecule has 22 heavy (non-hydrogen) atoms. The van der Waals surface area contributed by atoms with Gasteiger partial charge in [0.15, 0.2) is 0 Å². The molecule has 0 aliphatic carbocycles. The maximum absolute atomic E-state index is 11.4. The van der Waals surface area contributed by atoms with E-state index in [9.17, 15) is 4.79 Å². The first-order valence-electron chi connectivity index (χ1n) is 7.40. The summed E-state index contributed by atoms with van der Waals surface area (Å²) in [5.74, 6) is 0.394. The van der Waals surface area contributed by atoms with Gasteiger partial charge in [-0.25, -0.2) is 0 Å². The van der Waals surface area contributed by atoms with Crippen LogP contribution in [0.15, 0.2) is 48.5 Å². The summed E-state index contributed by atoms with van der Waals surface area (Å²) in [6.45, 7) is 2.56. The van der Waals surface area contributed by atoms with E-state index in [0.717, 1.165) is 17.5 Å². The van der Waals surface area contributed by atoms with Crippen LogP contribution in [0.2, 0.25) is 0 Å². The molecule has 0 aliphatic heterocycles. The van der Waals surface area contributed by atoms with Crippen molar-refractivity contribution in [3.05, 3.63) is 59.7 Å². The molecule has 0 aliphatic rings. The second kappa shape index (κ2) is 8.08. The predicted molar refractivity (Wildman–Crippen MR) is 86.3 cm³/mol. The van der Waals surface area contributed by atoms with E-state index in [2.05, 4.69) is 0 Å². The second-order valence-electron chi connectivity index (χ2n) is 5.01. The van der Waals surface area contributed by atoms with E-state index >= 15 is 0 Å². The number of anilines is 1. The van der Waals surface area contributed by atoms with Crippen LogP contribution in [0, 0.1) is 0 Å². The molecular weight excluding hydrogens is 278 g/mol. The Balaban J connectivity index is 1.98. The zero-order valence-corrected chi connectivity index (χ0v) is 12.7. The van der Waals surface area contributed by atoms with Crippen LogP contribution in [0.4, 0.5) is 5.69 Å². The fourth-order valence-corrected chi connectivity index (χ4v) is 2.01. The number of hydrogen-bond donors (Lipinski definition) is 1. The lowest BCUT2D eigenvalue weighted by molar-refractivity contribution is -0.144.